The molecule has 3 nitrogen and oxygen atoms in total. The van der Waals surface area contributed by atoms with Gasteiger partial charge < -0.3 is 4.74 Å². The van der Waals surface area contributed by atoms with Crippen LogP contribution in [0, 0.1) is 23.7 Å². The highest BCUT2D eigenvalue weighted by Gasteiger charge is 2.60. The van der Waals surface area contributed by atoms with Crippen molar-refractivity contribution in [2.45, 2.75) is 62.2 Å². The third-order valence-electron chi connectivity index (χ3n) is 8.80. The van der Waals surface area contributed by atoms with Gasteiger partial charge in [-0.2, -0.15) is 0 Å². The molecule has 0 radical (unpaired) electrons. The molecular formula is C29H39NO2S2. The zero-order valence-electron chi connectivity index (χ0n) is 21.0. The summed E-state index contributed by atoms with van der Waals surface area (Å²) in [7, 11) is 2.21. The molecule has 4 aliphatic rings. The van der Waals surface area contributed by atoms with Crippen molar-refractivity contribution < 1.29 is 9.53 Å². The monoisotopic (exact) mass is 497 g/mol. The molecule has 1 aromatic rings. The minimum atomic E-state index is -0.185. The highest BCUT2D eigenvalue weighted by Crippen LogP contribution is 2.59. The molecule has 2 aliphatic carbocycles. The summed E-state index contributed by atoms with van der Waals surface area (Å²) in [6, 6.07) is 10.8. The predicted molar refractivity (Wildman–Crippen MR) is 145 cm³/mol. The zero-order chi connectivity index (χ0) is 23.9. The van der Waals surface area contributed by atoms with Crippen molar-refractivity contribution in [1.29, 1.82) is 0 Å². The van der Waals surface area contributed by atoms with E-state index >= 15 is 0 Å². The summed E-state index contributed by atoms with van der Waals surface area (Å²) in [6.07, 6.45) is 10.8. The number of benzene rings is 1. The van der Waals surface area contributed by atoms with Gasteiger partial charge in [0.1, 0.15) is 16.2 Å². The molecule has 0 N–H and O–H groups in total. The Morgan fingerprint density at radius 1 is 1.15 bits per heavy atom. The Morgan fingerprint density at radius 3 is 2.56 bits per heavy atom. The molecule has 5 rings (SSSR count). The SMILES string of the molecule is C[C@@H]1CC[C@@H](C(C)(C)c2ccccc2)[C@H](OC(=O)[C@H]2[C@@H](C3=CC=CC3)CN(C)C23SCCS3)C1. The van der Waals surface area contributed by atoms with Crippen LogP contribution in [0.1, 0.15) is 52.0 Å². The van der Waals surface area contributed by atoms with Crippen LogP contribution >= 0.6 is 23.5 Å². The molecule has 2 heterocycles. The van der Waals surface area contributed by atoms with Crippen molar-refractivity contribution in [3.63, 3.8) is 0 Å². The van der Waals surface area contributed by atoms with Gasteiger partial charge in [-0.25, -0.2) is 0 Å². The fourth-order valence-corrected chi connectivity index (χ4v) is 10.4. The summed E-state index contributed by atoms with van der Waals surface area (Å²) in [6.45, 7) is 7.94. The molecule has 2 saturated heterocycles. The van der Waals surface area contributed by atoms with Gasteiger partial charge >= 0.3 is 5.97 Å². The Hall–Kier alpha value is -1.17. The Kier molecular flexibility index (Phi) is 7.00. The summed E-state index contributed by atoms with van der Waals surface area (Å²) in [5, 5.41) is 0. The third-order valence-corrected chi connectivity index (χ3v) is 12.5. The molecule has 34 heavy (non-hydrogen) atoms. The van der Waals surface area contributed by atoms with E-state index in [1.165, 1.54) is 17.6 Å². The Morgan fingerprint density at radius 2 is 1.88 bits per heavy atom. The van der Waals surface area contributed by atoms with Crippen LogP contribution in [0.2, 0.25) is 0 Å². The summed E-state index contributed by atoms with van der Waals surface area (Å²) in [4.78, 5) is 16.6. The van der Waals surface area contributed by atoms with Crippen molar-refractivity contribution in [2.24, 2.45) is 23.7 Å². The first kappa shape index (κ1) is 24.5. The number of nitrogens with zero attached hydrogens (tertiary/aromatic N) is 1. The van der Waals surface area contributed by atoms with Gasteiger partial charge in [-0.3, -0.25) is 9.69 Å². The smallest absolute Gasteiger partial charge is 0.313 e. The second-order valence-electron chi connectivity index (χ2n) is 11.3. The second-order valence-corrected chi connectivity index (χ2v) is 14.2. The number of hydrogen-bond donors (Lipinski definition) is 0. The number of likely N-dealkylation sites (tertiary alicyclic amines) is 1. The molecule has 3 fully saturated rings. The third kappa shape index (κ3) is 4.30. The molecule has 1 aromatic carbocycles. The molecule has 5 heteroatoms. The first-order valence-corrected chi connectivity index (χ1v) is 14.9. The van der Waals surface area contributed by atoms with Crippen molar-refractivity contribution in [3.05, 3.63) is 59.7 Å². The van der Waals surface area contributed by atoms with Crippen LogP contribution in [0.4, 0.5) is 0 Å². The first-order chi connectivity index (χ1) is 16.3. The van der Waals surface area contributed by atoms with Crippen LogP contribution in [0.3, 0.4) is 0 Å². The van der Waals surface area contributed by atoms with Gasteiger partial charge in [0.15, 0.2) is 0 Å². The fraction of sp³-hybridized carbons (Fsp3) is 0.621. The standard InChI is InChI=1S/C29H39NO2S2/c1-20-14-15-24(28(2,3)22-12-6-5-7-13-22)25(18-20)32-27(31)26-23(21-10-8-9-11-21)19-30(4)29(26)33-16-17-34-29/h5-10,12-13,20,23-26H,11,14-19H2,1-4H3/t20-,23-,24-,25-,26-/m1/s1. The van der Waals surface area contributed by atoms with E-state index in [2.05, 4.69) is 81.3 Å². The topological polar surface area (TPSA) is 29.5 Å². The van der Waals surface area contributed by atoms with Crippen molar-refractivity contribution in [1.82, 2.24) is 4.90 Å². The number of esters is 1. The molecule has 184 valence electrons. The normalized spacial score (nSPS) is 33.4. The van der Waals surface area contributed by atoms with Crippen LogP contribution in [-0.4, -0.2) is 46.3 Å². The average molecular weight is 498 g/mol. The van der Waals surface area contributed by atoms with E-state index in [0.29, 0.717) is 11.8 Å². The van der Waals surface area contributed by atoms with Gasteiger partial charge in [-0.1, -0.05) is 81.3 Å². The van der Waals surface area contributed by atoms with Gasteiger partial charge in [0, 0.05) is 29.9 Å². The molecule has 2 aliphatic heterocycles. The number of thioether (sulfide) groups is 2. The maximum atomic E-state index is 14.2. The highest BCUT2D eigenvalue weighted by molar-refractivity contribution is 8.21. The maximum absolute atomic E-state index is 14.2. The Balaban J connectivity index is 1.43. The number of ether oxygens (including phenoxy) is 1. The first-order valence-electron chi connectivity index (χ1n) is 12.9. The average Bonchev–Trinajstić information content (AvgIpc) is 3.57. The Bertz CT molecular complexity index is 950. The van der Waals surface area contributed by atoms with Crippen molar-refractivity contribution in [3.8, 4) is 0 Å². The summed E-state index contributed by atoms with van der Waals surface area (Å²) < 4.78 is 6.47. The number of allylic oxidation sites excluding steroid dienone is 3. The summed E-state index contributed by atoms with van der Waals surface area (Å²) >= 11 is 3.93. The van der Waals surface area contributed by atoms with E-state index in [4.69, 9.17) is 4.74 Å². The molecular weight excluding hydrogens is 458 g/mol. The van der Waals surface area contributed by atoms with Crippen LogP contribution in [0.25, 0.3) is 0 Å². The minimum Gasteiger partial charge on any atom is -0.462 e. The molecule has 1 spiro atoms. The maximum Gasteiger partial charge on any atom is 0.313 e. The van der Waals surface area contributed by atoms with Crippen LogP contribution in [0.5, 0.6) is 0 Å². The van der Waals surface area contributed by atoms with E-state index in [9.17, 15) is 4.79 Å². The van der Waals surface area contributed by atoms with E-state index < -0.39 is 0 Å². The minimum absolute atomic E-state index is 0.0258. The molecule has 0 amide bonds. The van der Waals surface area contributed by atoms with Crippen molar-refractivity contribution in [2.75, 3.05) is 25.1 Å². The van der Waals surface area contributed by atoms with E-state index in [-0.39, 0.29) is 33.5 Å². The number of carbonyl (C=O) groups excluding carboxylic acids is 1. The molecule has 0 bridgehead atoms. The lowest BCUT2D eigenvalue weighted by atomic mass is 9.64. The van der Waals surface area contributed by atoms with Crippen LogP contribution < -0.4 is 0 Å². The summed E-state index contributed by atoms with van der Waals surface area (Å²) in [5.41, 5.74) is 2.71. The van der Waals surface area contributed by atoms with E-state index in [1.54, 1.807) is 0 Å². The fourth-order valence-electron chi connectivity index (χ4n) is 6.81. The van der Waals surface area contributed by atoms with Gasteiger partial charge in [-0.15, -0.1) is 23.5 Å². The number of carbonyl (C=O) groups is 1. The Labute approximate surface area is 214 Å². The summed E-state index contributed by atoms with van der Waals surface area (Å²) in [5.74, 6) is 3.30. The van der Waals surface area contributed by atoms with Gasteiger partial charge in [-0.05, 0) is 43.2 Å². The lowest BCUT2D eigenvalue weighted by molar-refractivity contribution is -0.162. The molecule has 0 unspecified atom stereocenters. The largest absolute Gasteiger partial charge is 0.462 e. The van der Waals surface area contributed by atoms with E-state index in [0.717, 1.165) is 37.3 Å². The molecule has 1 saturated carbocycles. The predicted octanol–water partition coefficient (Wildman–Crippen LogP) is 6.51. The molecule has 5 atom stereocenters. The van der Waals surface area contributed by atoms with E-state index in [1.807, 2.05) is 23.5 Å². The van der Waals surface area contributed by atoms with Crippen LogP contribution in [-0.2, 0) is 14.9 Å². The number of hydrogen-bond acceptors (Lipinski definition) is 5. The zero-order valence-corrected chi connectivity index (χ0v) is 22.7. The lowest BCUT2D eigenvalue weighted by Gasteiger charge is -2.45. The van der Waals surface area contributed by atoms with Crippen molar-refractivity contribution >= 4 is 29.5 Å². The highest BCUT2D eigenvalue weighted by atomic mass is 32.2. The quantitative estimate of drug-likeness (QED) is 0.433. The van der Waals surface area contributed by atoms with Crippen LogP contribution in [0.15, 0.2) is 54.1 Å². The van der Waals surface area contributed by atoms with Gasteiger partial charge in [0.2, 0.25) is 0 Å². The number of rotatable bonds is 5. The molecule has 0 aromatic heterocycles. The lowest BCUT2D eigenvalue weighted by Crippen LogP contribution is -2.47. The van der Waals surface area contributed by atoms with Gasteiger partial charge in [0.25, 0.3) is 0 Å². The van der Waals surface area contributed by atoms with Gasteiger partial charge in [0.05, 0.1) is 0 Å². The second kappa shape index (κ2) is 9.71.